The molecule has 0 radical (unpaired) electrons. The summed E-state index contributed by atoms with van der Waals surface area (Å²) in [5.41, 5.74) is 1.30. The SMILES string of the molecule is CCN(CCCNCc1ccco1)c1ccccc1. The molecule has 0 fully saturated rings. The number of nitrogens with one attached hydrogen (secondary N) is 1. The summed E-state index contributed by atoms with van der Waals surface area (Å²) < 4.78 is 5.28. The lowest BCUT2D eigenvalue weighted by Crippen LogP contribution is -2.27. The van der Waals surface area contributed by atoms with Crippen molar-refractivity contribution in [2.75, 3.05) is 24.5 Å². The zero-order chi connectivity index (χ0) is 13.3. The minimum absolute atomic E-state index is 0.810. The highest BCUT2D eigenvalue weighted by Crippen LogP contribution is 2.12. The van der Waals surface area contributed by atoms with E-state index >= 15 is 0 Å². The molecule has 0 aliphatic carbocycles. The van der Waals surface area contributed by atoms with Crippen molar-refractivity contribution in [2.45, 2.75) is 19.9 Å². The lowest BCUT2D eigenvalue weighted by Gasteiger charge is -2.23. The summed E-state index contributed by atoms with van der Waals surface area (Å²) in [4.78, 5) is 2.40. The first-order chi connectivity index (χ1) is 9.40. The monoisotopic (exact) mass is 258 g/mol. The molecule has 0 bridgehead atoms. The topological polar surface area (TPSA) is 28.4 Å². The van der Waals surface area contributed by atoms with E-state index in [2.05, 4.69) is 47.5 Å². The molecule has 1 N–H and O–H groups in total. The van der Waals surface area contributed by atoms with Crippen LogP contribution in [0.4, 0.5) is 5.69 Å². The Labute approximate surface area is 115 Å². The van der Waals surface area contributed by atoms with Gasteiger partial charge in [-0.05, 0) is 44.2 Å². The molecule has 19 heavy (non-hydrogen) atoms. The maximum atomic E-state index is 5.28. The van der Waals surface area contributed by atoms with Crippen molar-refractivity contribution >= 4 is 5.69 Å². The number of rotatable bonds is 8. The second-order valence-corrected chi connectivity index (χ2v) is 4.52. The molecule has 3 heteroatoms. The summed E-state index contributed by atoms with van der Waals surface area (Å²) >= 11 is 0. The Morgan fingerprint density at radius 1 is 1.11 bits per heavy atom. The fourth-order valence-corrected chi connectivity index (χ4v) is 2.13. The van der Waals surface area contributed by atoms with Gasteiger partial charge in [-0.25, -0.2) is 0 Å². The van der Waals surface area contributed by atoms with Gasteiger partial charge in [0.2, 0.25) is 0 Å². The summed E-state index contributed by atoms with van der Waals surface area (Å²) in [5.74, 6) is 0.996. The Morgan fingerprint density at radius 3 is 2.63 bits per heavy atom. The normalized spacial score (nSPS) is 10.6. The molecule has 3 nitrogen and oxygen atoms in total. The molecule has 0 saturated heterocycles. The van der Waals surface area contributed by atoms with Crippen LogP contribution in [-0.4, -0.2) is 19.6 Å². The quantitative estimate of drug-likeness (QED) is 0.737. The molecule has 0 unspecified atom stereocenters. The van der Waals surface area contributed by atoms with E-state index in [9.17, 15) is 0 Å². The zero-order valence-electron chi connectivity index (χ0n) is 11.5. The molecule has 0 aliphatic rings. The summed E-state index contributed by atoms with van der Waals surface area (Å²) in [6.07, 6.45) is 2.84. The van der Waals surface area contributed by atoms with Crippen molar-refractivity contribution in [3.8, 4) is 0 Å². The van der Waals surface area contributed by atoms with Crippen LogP contribution in [0.1, 0.15) is 19.1 Å². The van der Waals surface area contributed by atoms with Crippen molar-refractivity contribution in [3.05, 3.63) is 54.5 Å². The van der Waals surface area contributed by atoms with Gasteiger partial charge in [0.1, 0.15) is 5.76 Å². The molecule has 0 saturated carbocycles. The van der Waals surface area contributed by atoms with Crippen LogP contribution in [0.25, 0.3) is 0 Å². The molecule has 2 rings (SSSR count). The van der Waals surface area contributed by atoms with E-state index in [0.717, 1.165) is 38.4 Å². The number of nitrogens with zero attached hydrogens (tertiary/aromatic N) is 1. The van der Waals surface area contributed by atoms with Gasteiger partial charge in [0, 0.05) is 18.8 Å². The molecule has 102 valence electrons. The Balaban J connectivity index is 1.66. The van der Waals surface area contributed by atoms with Gasteiger partial charge in [0.25, 0.3) is 0 Å². The van der Waals surface area contributed by atoms with Crippen LogP contribution in [0.15, 0.2) is 53.1 Å². The van der Waals surface area contributed by atoms with Crippen LogP contribution in [0.5, 0.6) is 0 Å². The van der Waals surface area contributed by atoms with Gasteiger partial charge in [-0.1, -0.05) is 18.2 Å². The van der Waals surface area contributed by atoms with Crippen LogP contribution < -0.4 is 10.2 Å². The van der Waals surface area contributed by atoms with Gasteiger partial charge in [0.15, 0.2) is 0 Å². The second kappa shape index (κ2) is 7.64. The molecule has 0 atom stereocenters. The first-order valence-corrected chi connectivity index (χ1v) is 6.93. The smallest absolute Gasteiger partial charge is 0.117 e. The number of anilines is 1. The van der Waals surface area contributed by atoms with Crippen molar-refractivity contribution < 1.29 is 4.42 Å². The lowest BCUT2D eigenvalue weighted by atomic mass is 10.2. The van der Waals surface area contributed by atoms with E-state index in [1.807, 2.05) is 12.1 Å². The summed E-state index contributed by atoms with van der Waals surface area (Å²) in [7, 11) is 0. The van der Waals surface area contributed by atoms with Crippen LogP contribution in [-0.2, 0) is 6.54 Å². The maximum absolute atomic E-state index is 5.28. The highest BCUT2D eigenvalue weighted by molar-refractivity contribution is 5.45. The summed E-state index contributed by atoms with van der Waals surface area (Å²) in [6.45, 7) is 6.13. The molecular weight excluding hydrogens is 236 g/mol. The molecule has 1 aromatic heterocycles. The first-order valence-electron chi connectivity index (χ1n) is 6.93. The van der Waals surface area contributed by atoms with Gasteiger partial charge >= 0.3 is 0 Å². The fourth-order valence-electron chi connectivity index (χ4n) is 2.13. The number of hydrogen-bond donors (Lipinski definition) is 1. The van der Waals surface area contributed by atoms with E-state index in [0.29, 0.717) is 0 Å². The maximum Gasteiger partial charge on any atom is 0.117 e. The largest absolute Gasteiger partial charge is 0.468 e. The molecule has 0 aliphatic heterocycles. The van der Waals surface area contributed by atoms with Crippen molar-refractivity contribution in [3.63, 3.8) is 0 Å². The Morgan fingerprint density at radius 2 is 1.95 bits per heavy atom. The minimum atomic E-state index is 0.810. The Hall–Kier alpha value is -1.74. The van der Waals surface area contributed by atoms with E-state index in [-0.39, 0.29) is 0 Å². The molecule has 2 aromatic rings. The van der Waals surface area contributed by atoms with E-state index in [4.69, 9.17) is 4.42 Å². The van der Waals surface area contributed by atoms with Crippen LogP contribution in [0.2, 0.25) is 0 Å². The highest BCUT2D eigenvalue weighted by Gasteiger charge is 2.02. The van der Waals surface area contributed by atoms with Crippen molar-refractivity contribution in [1.82, 2.24) is 5.32 Å². The van der Waals surface area contributed by atoms with E-state index < -0.39 is 0 Å². The molecular formula is C16H22N2O. The van der Waals surface area contributed by atoms with Gasteiger partial charge < -0.3 is 14.6 Å². The van der Waals surface area contributed by atoms with Gasteiger partial charge in [0.05, 0.1) is 12.8 Å². The number of benzene rings is 1. The van der Waals surface area contributed by atoms with Crippen LogP contribution in [0.3, 0.4) is 0 Å². The van der Waals surface area contributed by atoms with Gasteiger partial charge in [-0.3, -0.25) is 0 Å². The van der Waals surface area contributed by atoms with Crippen LogP contribution in [0, 0.1) is 0 Å². The van der Waals surface area contributed by atoms with Gasteiger partial charge in [-0.15, -0.1) is 0 Å². The van der Waals surface area contributed by atoms with Crippen molar-refractivity contribution in [1.29, 1.82) is 0 Å². The van der Waals surface area contributed by atoms with Crippen molar-refractivity contribution in [2.24, 2.45) is 0 Å². The first kappa shape index (κ1) is 13.7. The zero-order valence-corrected chi connectivity index (χ0v) is 11.5. The van der Waals surface area contributed by atoms with E-state index in [1.54, 1.807) is 6.26 Å². The number of hydrogen-bond acceptors (Lipinski definition) is 3. The van der Waals surface area contributed by atoms with Crippen LogP contribution >= 0.6 is 0 Å². The molecule has 0 amide bonds. The standard InChI is InChI=1S/C16H22N2O/c1-2-18(15-8-4-3-5-9-15)12-7-11-17-14-16-10-6-13-19-16/h3-6,8-10,13,17H,2,7,11-12,14H2,1H3. The Bertz CT molecular complexity index is 439. The third-order valence-electron chi connectivity index (χ3n) is 3.16. The lowest BCUT2D eigenvalue weighted by molar-refractivity contribution is 0.481. The van der Waals surface area contributed by atoms with Gasteiger partial charge in [-0.2, -0.15) is 0 Å². The molecule has 1 aromatic carbocycles. The summed E-state index contributed by atoms with van der Waals surface area (Å²) in [5, 5.41) is 3.40. The minimum Gasteiger partial charge on any atom is -0.468 e. The summed E-state index contributed by atoms with van der Waals surface area (Å²) in [6, 6.07) is 14.5. The average Bonchev–Trinajstić information content (AvgIpc) is 2.97. The predicted octanol–water partition coefficient (Wildman–Crippen LogP) is 3.29. The van der Waals surface area contributed by atoms with E-state index in [1.165, 1.54) is 5.69 Å². The highest BCUT2D eigenvalue weighted by atomic mass is 16.3. The second-order valence-electron chi connectivity index (χ2n) is 4.52. The third-order valence-corrected chi connectivity index (χ3v) is 3.16. The molecule has 1 heterocycles. The molecule has 0 spiro atoms. The fraction of sp³-hybridized carbons (Fsp3) is 0.375. The Kier molecular flexibility index (Phi) is 5.50. The third kappa shape index (κ3) is 4.45. The number of para-hydroxylation sites is 1. The predicted molar refractivity (Wildman–Crippen MR) is 79.4 cm³/mol. The average molecular weight is 258 g/mol. The number of furan rings is 1.